The molecule has 2 aromatic rings. The van der Waals surface area contributed by atoms with E-state index in [0.29, 0.717) is 16.9 Å². The fourth-order valence-corrected chi connectivity index (χ4v) is 2.30. The summed E-state index contributed by atoms with van der Waals surface area (Å²) in [7, 11) is 0. The maximum Gasteiger partial charge on any atom is 0.135 e. The van der Waals surface area contributed by atoms with Gasteiger partial charge in [-0.1, -0.05) is 29.8 Å². The normalized spacial score (nSPS) is 15.8. The number of benzene rings is 1. The molecule has 21 heavy (non-hydrogen) atoms. The third-order valence-electron chi connectivity index (χ3n) is 3.40. The molecule has 3 rings (SSSR count). The fourth-order valence-electron chi connectivity index (χ4n) is 2.11. The van der Waals surface area contributed by atoms with E-state index in [1.165, 1.54) is 6.07 Å². The van der Waals surface area contributed by atoms with Gasteiger partial charge in [-0.3, -0.25) is 0 Å². The highest BCUT2D eigenvalue weighted by Gasteiger charge is 2.27. The van der Waals surface area contributed by atoms with E-state index < -0.39 is 11.9 Å². The summed E-state index contributed by atoms with van der Waals surface area (Å²) in [5.41, 5.74) is 0.257. The Morgan fingerprint density at radius 2 is 2.10 bits per heavy atom. The second-order valence-electron chi connectivity index (χ2n) is 5.13. The Labute approximate surface area is 127 Å². The number of hydrogen-bond acceptors (Lipinski definition) is 4. The number of rotatable bonds is 5. The van der Waals surface area contributed by atoms with Crippen LogP contribution < -0.4 is 5.32 Å². The van der Waals surface area contributed by atoms with Crippen molar-refractivity contribution in [1.29, 1.82) is 0 Å². The molecule has 1 aliphatic carbocycles. The number of hydrogen-bond donors (Lipinski definition) is 2. The van der Waals surface area contributed by atoms with E-state index in [1.54, 1.807) is 24.3 Å². The van der Waals surface area contributed by atoms with E-state index >= 15 is 0 Å². The molecule has 1 saturated carbocycles. The minimum Gasteiger partial charge on any atom is -0.386 e. The summed E-state index contributed by atoms with van der Waals surface area (Å²) in [4.78, 5) is 8.56. The summed E-state index contributed by atoms with van der Waals surface area (Å²) >= 11 is 5.97. The molecule has 1 unspecified atom stereocenters. The van der Waals surface area contributed by atoms with Gasteiger partial charge in [0, 0.05) is 24.1 Å². The van der Waals surface area contributed by atoms with Crippen LogP contribution in [0.3, 0.4) is 0 Å². The van der Waals surface area contributed by atoms with Gasteiger partial charge in [-0.2, -0.15) is 0 Å². The van der Waals surface area contributed by atoms with Gasteiger partial charge in [-0.15, -0.1) is 0 Å². The van der Waals surface area contributed by atoms with Crippen LogP contribution in [0.5, 0.6) is 0 Å². The summed E-state index contributed by atoms with van der Waals surface area (Å²) in [5.74, 6) is 1.24. The Hall–Kier alpha value is -1.72. The van der Waals surface area contributed by atoms with Gasteiger partial charge in [0.2, 0.25) is 0 Å². The fraction of sp³-hybridized carbons (Fsp3) is 0.333. The number of nitrogens with zero attached hydrogens (tertiary/aromatic N) is 2. The molecule has 2 N–H and O–H groups in total. The minimum absolute atomic E-state index is 0.151. The number of aromatic nitrogens is 2. The molecular formula is C15H15ClFN3O. The molecule has 0 radical (unpaired) electrons. The highest BCUT2D eigenvalue weighted by Crippen LogP contribution is 2.38. The van der Waals surface area contributed by atoms with E-state index in [-0.39, 0.29) is 12.1 Å². The molecule has 1 fully saturated rings. The average Bonchev–Trinajstić information content (AvgIpc) is 3.29. The van der Waals surface area contributed by atoms with Gasteiger partial charge < -0.3 is 10.4 Å². The first kappa shape index (κ1) is 14.2. The van der Waals surface area contributed by atoms with Crippen molar-refractivity contribution in [2.75, 3.05) is 11.9 Å². The third-order valence-corrected chi connectivity index (χ3v) is 3.59. The first-order chi connectivity index (χ1) is 10.1. The van der Waals surface area contributed by atoms with Crippen molar-refractivity contribution in [2.45, 2.75) is 24.9 Å². The standard InChI is InChI=1S/C15H15ClFN3O/c16-13-7-14(20-15(19-13)9-5-6-9)18-8-12(21)10-3-1-2-4-11(10)17/h1-4,7,9,12,21H,5-6,8H2,(H,18,19,20). The van der Waals surface area contributed by atoms with Crippen molar-refractivity contribution in [1.82, 2.24) is 9.97 Å². The smallest absolute Gasteiger partial charge is 0.135 e. The van der Waals surface area contributed by atoms with E-state index in [4.69, 9.17) is 11.6 Å². The third kappa shape index (κ3) is 3.49. The first-order valence-electron chi connectivity index (χ1n) is 6.84. The molecule has 1 heterocycles. The average molecular weight is 308 g/mol. The Balaban J connectivity index is 1.68. The van der Waals surface area contributed by atoms with Crippen LogP contribution in [0.2, 0.25) is 5.15 Å². The summed E-state index contributed by atoms with van der Waals surface area (Å²) in [6.07, 6.45) is 1.21. The predicted molar refractivity (Wildman–Crippen MR) is 78.9 cm³/mol. The molecule has 6 heteroatoms. The van der Waals surface area contributed by atoms with Crippen LogP contribution in [-0.2, 0) is 0 Å². The van der Waals surface area contributed by atoms with Crippen molar-refractivity contribution in [3.8, 4) is 0 Å². The van der Waals surface area contributed by atoms with Crippen molar-refractivity contribution < 1.29 is 9.50 Å². The highest BCUT2D eigenvalue weighted by molar-refractivity contribution is 6.29. The summed E-state index contributed by atoms with van der Waals surface area (Å²) in [5, 5.41) is 13.4. The molecule has 4 nitrogen and oxygen atoms in total. The zero-order chi connectivity index (χ0) is 14.8. The summed E-state index contributed by atoms with van der Waals surface area (Å²) in [6, 6.07) is 7.76. The quantitative estimate of drug-likeness (QED) is 0.832. The van der Waals surface area contributed by atoms with Gasteiger partial charge in [0.25, 0.3) is 0 Å². The van der Waals surface area contributed by atoms with Gasteiger partial charge in [0.15, 0.2) is 0 Å². The molecular weight excluding hydrogens is 293 g/mol. The second kappa shape index (κ2) is 5.95. The maximum absolute atomic E-state index is 13.6. The molecule has 0 amide bonds. The van der Waals surface area contributed by atoms with Crippen LogP contribution in [0.25, 0.3) is 0 Å². The zero-order valence-corrected chi connectivity index (χ0v) is 12.0. The number of aliphatic hydroxyl groups excluding tert-OH is 1. The van der Waals surface area contributed by atoms with Gasteiger partial charge in [-0.05, 0) is 18.9 Å². The van der Waals surface area contributed by atoms with Gasteiger partial charge in [-0.25, -0.2) is 14.4 Å². The molecule has 0 bridgehead atoms. The Morgan fingerprint density at radius 3 is 2.81 bits per heavy atom. The molecule has 1 atom stereocenters. The van der Waals surface area contributed by atoms with E-state index in [1.807, 2.05) is 0 Å². The molecule has 1 aromatic heterocycles. The van der Waals surface area contributed by atoms with Crippen molar-refractivity contribution >= 4 is 17.4 Å². The molecule has 110 valence electrons. The molecule has 1 aliphatic rings. The van der Waals surface area contributed by atoms with Crippen LogP contribution in [0.15, 0.2) is 30.3 Å². The number of halogens is 2. The Kier molecular flexibility index (Phi) is 4.03. The minimum atomic E-state index is -0.954. The molecule has 1 aromatic carbocycles. The molecule has 0 aliphatic heterocycles. The largest absolute Gasteiger partial charge is 0.386 e. The number of nitrogens with one attached hydrogen (secondary N) is 1. The Bertz CT molecular complexity index is 649. The van der Waals surface area contributed by atoms with Crippen molar-refractivity contribution in [3.63, 3.8) is 0 Å². The summed E-state index contributed by atoms with van der Waals surface area (Å²) < 4.78 is 13.6. The van der Waals surface area contributed by atoms with E-state index in [0.717, 1.165) is 18.7 Å². The van der Waals surface area contributed by atoms with Crippen LogP contribution in [0.1, 0.15) is 36.3 Å². The molecule has 0 spiro atoms. The lowest BCUT2D eigenvalue weighted by atomic mass is 10.1. The zero-order valence-electron chi connectivity index (χ0n) is 11.3. The van der Waals surface area contributed by atoms with Crippen molar-refractivity contribution in [3.05, 3.63) is 52.7 Å². The van der Waals surface area contributed by atoms with Crippen molar-refractivity contribution in [2.24, 2.45) is 0 Å². The topological polar surface area (TPSA) is 58.0 Å². The lowest BCUT2D eigenvalue weighted by Crippen LogP contribution is -2.14. The SMILES string of the molecule is OC(CNc1cc(Cl)nc(C2CC2)n1)c1ccccc1F. The Morgan fingerprint density at radius 1 is 1.33 bits per heavy atom. The van der Waals surface area contributed by atoms with Crippen LogP contribution in [0.4, 0.5) is 10.2 Å². The van der Waals surface area contributed by atoms with Crippen LogP contribution in [0, 0.1) is 5.82 Å². The lowest BCUT2D eigenvalue weighted by Gasteiger charge is -2.14. The first-order valence-corrected chi connectivity index (χ1v) is 7.22. The number of aliphatic hydroxyl groups is 1. The second-order valence-corrected chi connectivity index (χ2v) is 5.51. The highest BCUT2D eigenvalue weighted by atomic mass is 35.5. The predicted octanol–water partition coefficient (Wildman–Crippen LogP) is 3.29. The van der Waals surface area contributed by atoms with Crippen LogP contribution in [-0.4, -0.2) is 21.6 Å². The van der Waals surface area contributed by atoms with Gasteiger partial charge >= 0.3 is 0 Å². The van der Waals surface area contributed by atoms with Gasteiger partial charge in [0.1, 0.15) is 22.6 Å². The molecule has 0 saturated heterocycles. The number of anilines is 1. The van der Waals surface area contributed by atoms with E-state index in [9.17, 15) is 9.50 Å². The summed E-state index contributed by atoms with van der Waals surface area (Å²) in [6.45, 7) is 0.151. The monoisotopic (exact) mass is 307 g/mol. The lowest BCUT2D eigenvalue weighted by molar-refractivity contribution is 0.186. The maximum atomic E-state index is 13.6. The van der Waals surface area contributed by atoms with E-state index in [2.05, 4.69) is 15.3 Å². The van der Waals surface area contributed by atoms with Gasteiger partial charge in [0.05, 0.1) is 6.10 Å². The van der Waals surface area contributed by atoms with Crippen LogP contribution >= 0.6 is 11.6 Å².